The Hall–Kier alpha value is -0.0800. The summed E-state index contributed by atoms with van der Waals surface area (Å²) in [5, 5.41) is 20.2. The van der Waals surface area contributed by atoms with E-state index in [2.05, 4.69) is 46.4 Å². The van der Waals surface area contributed by atoms with Gasteiger partial charge in [-0.15, -0.1) is 0 Å². The van der Waals surface area contributed by atoms with Crippen molar-refractivity contribution < 1.29 is 19.8 Å². The zero-order valence-corrected chi connectivity index (χ0v) is 25.6. The summed E-state index contributed by atoms with van der Waals surface area (Å²) in [4.78, 5) is 28.1. The van der Waals surface area contributed by atoms with E-state index in [1.54, 1.807) is 13.8 Å². The van der Waals surface area contributed by atoms with E-state index in [0.29, 0.717) is 31.2 Å². The predicted octanol–water partition coefficient (Wildman–Crippen LogP) is 5.86. The van der Waals surface area contributed by atoms with Crippen molar-refractivity contribution in [2.24, 2.45) is 22.2 Å². The molecule has 0 aliphatic carbocycles. The summed E-state index contributed by atoms with van der Waals surface area (Å²) in [6, 6.07) is 0. The molecule has 202 valence electrons. The van der Waals surface area contributed by atoms with Crippen molar-refractivity contribution in [1.29, 1.82) is 0 Å². The first-order chi connectivity index (χ1) is 15.1. The van der Waals surface area contributed by atoms with Crippen molar-refractivity contribution in [1.82, 2.24) is 4.90 Å². The molecule has 0 amide bonds. The highest BCUT2D eigenvalue weighted by atomic mass is 32.2. The van der Waals surface area contributed by atoms with Crippen LogP contribution in [0.5, 0.6) is 0 Å². The maximum absolute atomic E-state index is 13.2. The Kier molecular flexibility index (Phi) is 13.4. The lowest BCUT2D eigenvalue weighted by Gasteiger charge is -2.44. The van der Waals surface area contributed by atoms with Crippen molar-refractivity contribution in [3.8, 4) is 0 Å². The topological polar surface area (TPSA) is 77.8 Å². The van der Waals surface area contributed by atoms with Gasteiger partial charge in [-0.2, -0.15) is 0 Å². The average molecular weight is 520 g/mol. The Bertz CT molecular complexity index is 645. The van der Waals surface area contributed by atoms with Crippen molar-refractivity contribution in [3.63, 3.8) is 0 Å². The molecule has 0 bridgehead atoms. The third-order valence-corrected chi connectivity index (χ3v) is 9.26. The third-order valence-electron chi connectivity index (χ3n) is 5.87. The van der Waals surface area contributed by atoms with E-state index in [0.717, 1.165) is 12.2 Å². The lowest BCUT2D eigenvalue weighted by Crippen LogP contribution is -2.52. The molecule has 0 aromatic rings. The van der Waals surface area contributed by atoms with Gasteiger partial charge >= 0.3 is 0 Å². The fourth-order valence-electron chi connectivity index (χ4n) is 4.68. The molecule has 5 nitrogen and oxygen atoms in total. The van der Waals surface area contributed by atoms with Gasteiger partial charge in [0.2, 0.25) is 0 Å². The third kappa shape index (κ3) is 12.8. The quantitative estimate of drug-likeness (QED) is 0.280. The first-order valence-corrected chi connectivity index (χ1v) is 14.5. The molecule has 2 atom stereocenters. The Balaban J connectivity index is 5.18. The zero-order chi connectivity index (χ0) is 27.1. The SMILES string of the molecule is CC(C)CSC(=O)C(C)(C)CC(C)(C)C(=O)SCC(C)(C)CC(C)(C)N(CC(C)O)CC(C)O. The van der Waals surface area contributed by atoms with Crippen LogP contribution in [0.2, 0.25) is 0 Å². The number of hydrogen-bond acceptors (Lipinski definition) is 7. The number of carbonyl (C=O) groups excluding carboxylic acids is 2. The molecule has 0 spiro atoms. The van der Waals surface area contributed by atoms with Gasteiger partial charge in [-0.1, -0.05) is 78.9 Å². The van der Waals surface area contributed by atoms with Crippen LogP contribution in [0.25, 0.3) is 0 Å². The Labute approximate surface area is 218 Å². The molecule has 0 fully saturated rings. The van der Waals surface area contributed by atoms with Crippen LogP contribution in [0.3, 0.4) is 0 Å². The minimum absolute atomic E-state index is 0.123. The zero-order valence-electron chi connectivity index (χ0n) is 23.9. The number of rotatable bonds is 15. The highest BCUT2D eigenvalue weighted by Gasteiger charge is 2.40. The second-order valence-electron chi connectivity index (χ2n) is 13.3. The number of thioether (sulfide) groups is 2. The van der Waals surface area contributed by atoms with Crippen LogP contribution in [0.4, 0.5) is 0 Å². The van der Waals surface area contributed by atoms with Gasteiger partial charge in [0.25, 0.3) is 0 Å². The highest BCUT2D eigenvalue weighted by molar-refractivity contribution is 8.14. The van der Waals surface area contributed by atoms with Crippen LogP contribution in [-0.4, -0.2) is 67.7 Å². The molecule has 0 radical (unpaired) electrons. The van der Waals surface area contributed by atoms with E-state index in [9.17, 15) is 19.8 Å². The number of aliphatic hydroxyl groups excluding tert-OH is 2. The summed E-state index contributed by atoms with van der Waals surface area (Å²) < 4.78 is 0. The van der Waals surface area contributed by atoms with E-state index in [1.165, 1.54) is 23.5 Å². The number of nitrogens with zero attached hydrogens (tertiary/aromatic N) is 1. The molecule has 0 saturated heterocycles. The molecular formula is C27H53NO4S2. The van der Waals surface area contributed by atoms with Gasteiger partial charge in [0.15, 0.2) is 10.2 Å². The fourth-order valence-corrected chi connectivity index (χ4v) is 6.72. The van der Waals surface area contributed by atoms with E-state index >= 15 is 0 Å². The second kappa shape index (κ2) is 13.5. The van der Waals surface area contributed by atoms with Crippen molar-refractivity contribution in [2.45, 2.75) is 114 Å². The van der Waals surface area contributed by atoms with E-state index < -0.39 is 23.0 Å². The van der Waals surface area contributed by atoms with Gasteiger partial charge < -0.3 is 10.2 Å². The summed E-state index contributed by atoms with van der Waals surface area (Å²) >= 11 is 2.75. The van der Waals surface area contributed by atoms with E-state index in [1.807, 2.05) is 27.7 Å². The summed E-state index contributed by atoms with van der Waals surface area (Å²) in [6.45, 7) is 25.1. The van der Waals surface area contributed by atoms with Crippen molar-refractivity contribution >= 4 is 33.8 Å². The Morgan fingerprint density at radius 1 is 0.735 bits per heavy atom. The first kappa shape index (κ1) is 33.9. The highest BCUT2D eigenvalue weighted by Crippen LogP contribution is 2.42. The molecule has 34 heavy (non-hydrogen) atoms. The number of carbonyl (C=O) groups is 2. The monoisotopic (exact) mass is 519 g/mol. The lowest BCUT2D eigenvalue weighted by atomic mass is 9.76. The minimum Gasteiger partial charge on any atom is -0.392 e. The van der Waals surface area contributed by atoms with Crippen LogP contribution < -0.4 is 0 Å². The van der Waals surface area contributed by atoms with Gasteiger partial charge in [0, 0.05) is 41.0 Å². The second-order valence-corrected chi connectivity index (χ2v) is 15.2. The summed E-state index contributed by atoms with van der Waals surface area (Å²) in [7, 11) is 0. The van der Waals surface area contributed by atoms with Crippen LogP contribution >= 0.6 is 23.5 Å². The fraction of sp³-hybridized carbons (Fsp3) is 0.926. The molecule has 0 heterocycles. The molecule has 2 N–H and O–H groups in total. The van der Waals surface area contributed by atoms with Crippen LogP contribution in [-0.2, 0) is 9.59 Å². The Morgan fingerprint density at radius 2 is 1.15 bits per heavy atom. The summed E-state index contributed by atoms with van der Waals surface area (Å²) in [5.74, 6) is 1.93. The van der Waals surface area contributed by atoms with Crippen molar-refractivity contribution in [2.75, 3.05) is 24.6 Å². The molecule has 0 saturated carbocycles. The molecule has 0 rings (SSSR count). The smallest absolute Gasteiger partial charge is 0.194 e. The molecule has 0 aliphatic heterocycles. The number of aliphatic hydroxyl groups is 2. The van der Waals surface area contributed by atoms with Gasteiger partial charge in [0.05, 0.1) is 12.2 Å². The standard InChI is InChI=1S/C27H53NO4S2/c1-19(2)15-33-22(31)25(7,8)17-26(9,10)23(32)34-18-24(5,6)16-27(11,12)28(13-20(3)29)14-21(4)30/h19-21,29-30H,13-18H2,1-12H3. The van der Waals surface area contributed by atoms with E-state index in [-0.39, 0.29) is 21.2 Å². The number of β-amino-alcohol motifs (C(OH)–C–C–N with tert-alkyl or cyclic N) is 2. The summed E-state index contributed by atoms with van der Waals surface area (Å²) in [6.07, 6.45) is 0.374. The van der Waals surface area contributed by atoms with Gasteiger partial charge in [-0.3, -0.25) is 14.5 Å². The average Bonchev–Trinajstić information content (AvgIpc) is 2.61. The Morgan fingerprint density at radius 3 is 1.53 bits per heavy atom. The maximum atomic E-state index is 13.2. The summed E-state index contributed by atoms with van der Waals surface area (Å²) in [5.41, 5.74) is -1.54. The van der Waals surface area contributed by atoms with Crippen LogP contribution in [0, 0.1) is 22.2 Å². The lowest BCUT2D eigenvalue weighted by molar-refractivity contribution is -0.123. The molecule has 0 aromatic heterocycles. The van der Waals surface area contributed by atoms with Gasteiger partial charge in [0.1, 0.15) is 0 Å². The van der Waals surface area contributed by atoms with E-state index in [4.69, 9.17) is 0 Å². The predicted molar refractivity (Wildman–Crippen MR) is 149 cm³/mol. The van der Waals surface area contributed by atoms with Gasteiger partial charge in [-0.05, 0) is 51.9 Å². The van der Waals surface area contributed by atoms with Crippen molar-refractivity contribution in [3.05, 3.63) is 0 Å². The molecule has 7 heteroatoms. The molecule has 0 aromatic carbocycles. The molecular weight excluding hydrogens is 466 g/mol. The molecule has 0 aliphatic rings. The first-order valence-electron chi connectivity index (χ1n) is 12.6. The normalized spacial score (nSPS) is 15.6. The van der Waals surface area contributed by atoms with Crippen LogP contribution in [0.15, 0.2) is 0 Å². The van der Waals surface area contributed by atoms with Gasteiger partial charge in [-0.25, -0.2) is 0 Å². The number of hydrogen-bond donors (Lipinski definition) is 2. The van der Waals surface area contributed by atoms with Crippen LogP contribution in [0.1, 0.15) is 95.9 Å². The maximum Gasteiger partial charge on any atom is 0.194 e. The minimum atomic E-state index is -0.599. The largest absolute Gasteiger partial charge is 0.392 e. The molecule has 2 unspecified atom stereocenters.